The molecule has 96 valence electrons. The van der Waals surface area contributed by atoms with Crippen LogP contribution in [0.2, 0.25) is 0 Å². The third kappa shape index (κ3) is 3.03. The van der Waals surface area contributed by atoms with Gasteiger partial charge in [0.15, 0.2) is 0 Å². The minimum Gasteiger partial charge on any atom is -0.478 e. The summed E-state index contributed by atoms with van der Waals surface area (Å²) in [4.78, 5) is 38.9. The van der Waals surface area contributed by atoms with Gasteiger partial charge in [-0.3, -0.25) is 14.6 Å². The molecule has 0 saturated carbocycles. The van der Waals surface area contributed by atoms with Crippen LogP contribution < -0.4 is 5.32 Å². The van der Waals surface area contributed by atoms with Crippen LogP contribution in [0.5, 0.6) is 0 Å². The Hall–Kier alpha value is -2.44. The first-order valence-corrected chi connectivity index (χ1v) is 5.11. The normalized spacial score (nSPS) is 9.67. The van der Waals surface area contributed by atoms with E-state index in [9.17, 15) is 14.4 Å². The Bertz CT molecular complexity index is 487. The van der Waals surface area contributed by atoms with Crippen LogP contribution in [-0.2, 0) is 4.79 Å². The van der Waals surface area contributed by atoms with Gasteiger partial charge in [-0.25, -0.2) is 4.79 Å². The number of aromatic carboxylic acids is 1. The van der Waals surface area contributed by atoms with Crippen LogP contribution in [0.4, 0.5) is 0 Å². The Morgan fingerprint density at radius 1 is 1.44 bits per heavy atom. The van der Waals surface area contributed by atoms with E-state index in [1.54, 1.807) is 0 Å². The van der Waals surface area contributed by atoms with Gasteiger partial charge in [-0.2, -0.15) is 0 Å². The van der Waals surface area contributed by atoms with Gasteiger partial charge in [0, 0.05) is 20.3 Å². The fraction of sp³-hybridized carbons (Fsp3) is 0.273. The van der Waals surface area contributed by atoms with E-state index in [4.69, 9.17) is 5.11 Å². The predicted molar refractivity (Wildman–Crippen MR) is 62.2 cm³/mol. The first-order chi connectivity index (χ1) is 8.47. The molecule has 0 aromatic carbocycles. The van der Waals surface area contributed by atoms with Crippen molar-refractivity contribution in [3.05, 3.63) is 29.6 Å². The van der Waals surface area contributed by atoms with Gasteiger partial charge in [0.2, 0.25) is 5.91 Å². The smallest absolute Gasteiger partial charge is 0.338 e. The van der Waals surface area contributed by atoms with Gasteiger partial charge in [0.25, 0.3) is 5.91 Å². The lowest BCUT2D eigenvalue weighted by Gasteiger charge is -2.16. The number of nitrogens with one attached hydrogen (secondary N) is 1. The Balaban J connectivity index is 2.97. The molecule has 1 heterocycles. The number of hydrogen-bond acceptors (Lipinski definition) is 4. The second-order valence-electron chi connectivity index (χ2n) is 3.54. The number of rotatable bonds is 4. The number of carboxylic acids is 1. The minimum atomic E-state index is -1.24. The van der Waals surface area contributed by atoms with E-state index in [0.717, 1.165) is 4.90 Å². The first kappa shape index (κ1) is 13.6. The van der Waals surface area contributed by atoms with Gasteiger partial charge < -0.3 is 15.3 Å². The van der Waals surface area contributed by atoms with Crippen molar-refractivity contribution in [2.45, 2.75) is 0 Å². The largest absolute Gasteiger partial charge is 0.478 e. The summed E-state index contributed by atoms with van der Waals surface area (Å²) in [5.74, 6) is -2.20. The third-order valence-corrected chi connectivity index (χ3v) is 2.25. The standard InChI is InChI=1S/C11H13N3O4/c1-12-8(15)6-14(2)10(16)9-7(11(17)18)4-3-5-13-9/h3-5H,6H2,1-2H3,(H,12,15)(H,17,18). The molecule has 1 aromatic rings. The van der Waals surface area contributed by atoms with E-state index in [2.05, 4.69) is 10.3 Å². The minimum absolute atomic E-state index is 0.162. The highest BCUT2D eigenvalue weighted by molar-refractivity contribution is 6.03. The number of amides is 2. The van der Waals surface area contributed by atoms with Gasteiger partial charge in [-0.05, 0) is 12.1 Å². The molecule has 0 saturated heterocycles. The van der Waals surface area contributed by atoms with Crippen molar-refractivity contribution in [1.29, 1.82) is 0 Å². The van der Waals surface area contributed by atoms with Crippen LogP contribution in [0.25, 0.3) is 0 Å². The lowest BCUT2D eigenvalue weighted by molar-refractivity contribution is -0.121. The lowest BCUT2D eigenvalue weighted by atomic mass is 10.2. The maximum Gasteiger partial charge on any atom is 0.338 e. The molecule has 0 aliphatic carbocycles. The van der Waals surface area contributed by atoms with E-state index >= 15 is 0 Å². The summed E-state index contributed by atoms with van der Waals surface area (Å²) < 4.78 is 0. The molecule has 0 unspecified atom stereocenters. The number of hydrogen-bond donors (Lipinski definition) is 2. The van der Waals surface area contributed by atoms with Gasteiger partial charge >= 0.3 is 5.97 Å². The molecule has 0 spiro atoms. The van der Waals surface area contributed by atoms with Crippen LogP contribution in [0.1, 0.15) is 20.8 Å². The molecule has 7 nitrogen and oxygen atoms in total. The second kappa shape index (κ2) is 5.76. The monoisotopic (exact) mass is 251 g/mol. The summed E-state index contributed by atoms with van der Waals surface area (Å²) in [5.41, 5.74) is -0.373. The number of aromatic nitrogens is 1. The van der Waals surface area contributed by atoms with Crippen molar-refractivity contribution >= 4 is 17.8 Å². The van der Waals surface area contributed by atoms with Crippen molar-refractivity contribution in [2.24, 2.45) is 0 Å². The summed E-state index contributed by atoms with van der Waals surface area (Å²) in [6.07, 6.45) is 1.33. The van der Waals surface area contributed by atoms with Crippen molar-refractivity contribution in [1.82, 2.24) is 15.2 Å². The van der Waals surface area contributed by atoms with Gasteiger partial charge in [0.1, 0.15) is 5.69 Å². The van der Waals surface area contributed by atoms with Crippen LogP contribution in [0.3, 0.4) is 0 Å². The van der Waals surface area contributed by atoms with Gasteiger partial charge in [-0.15, -0.1) is 0 Å². The summed E-state index contributed by atoms with van der Waals surface area (Å²) in [5, 5.41) is 11.3. The molecular weight excluding hydrogens is 238 g/mol. The number of likely N-dealkylation sites (N-methyl/N-ethyl adjacent to an activating group) is 2. The molecule has 1 aromatic heterocycles. The van der Waals surface area contributed by atoms with Crippen molar-refractivity contribution < 1.29 is 19.5 Å². The van der Waals surface area contributed by atoms with Gasteiger partial charge in [0.05, 0.1) is 12.1 Å². The summed E-state index contributed by atoms with van der Waals surface area (Å²) in [6.45, 7) is -0.162. The average molecular weight is 251 g/mol. The molecule has 7 heteroatoms. The number of pyridine rings is 1. The Labute approximate surface area is 103 Å². The highest BCUT2D eigenvalue weighted by Gasteiger charge is 2.21. The molecule has 0 bridgehead atoms. The van der Waals surface area contributed by atoms with E-state index in [0.29, 0.717) is 0 Å². The van der Waals surface area contributed by atoms with E-state index in [-0.39, 0.29) is 23.7 Å². The van der Waals surface area contributed by atoms with Crippen LogP contribution in [-0.4, -0.2) is 53.4 Å². The fourth-order valence-electron chi connectivity index (χ4n) is 1.30. The highest BCUT2D eigenvalue weighted by Crippen LogP contribution is 2.08. The molecule has 0 aliphatic rings. The van der Waals surface area contributed by atoms with Crippen LogP contribution >= 0.6 is 0 Å². The summed E-state index contributed by atoms with van der Waals surface area (Å²) in [7, 11) is 2.85. The average Bonchev–Trinajstić information content (AvgIpc) is 2.37. The Kier molecular flexibility index (Phi) is 4.36. The van der Waals surface area contributed by atoms with E-state index < -0.39 is 11.9 Å². The maximum atomic E-state index is 11.9. The van der Waals surface area contributed by atoms with Gasteiger partial charge in [-0.1, -0.05) is 0 Å². The predicted octanol–water partition coefficient (Wildman–Crippen LogP) is -0.402. The molecule has 0 aliphatic heterocycles. The Morgan fingerprint density at radius 3 is 2.67 bits per heavy atom. The molecule has 0 fully saturated rings. The van der Waals surface area contributed by atoms with Crippen LogP contribution in [0.15, 0.2) is 18.3 Å². The second-order valence-corrected chi connectivity index (χ2v) is 3.54. The molecule has 2 N–H and O–H groups in total. The number of carboxylic acid groups (broad SMARTS) is 1. The van der Waals surface area contributed by atoms with E-state index in [1.807, 2.05) is 0 Å². The SMILES string of the molecule is CNC(=O)CN(C)C(=O)c1ncccc1C(=O)O. The molecular formula is C11H13N3O4. The quantitative estimate of drug-likeness (QED) is 0.758. The topological polar surface area (TPSA) is 99.6 Å². The Morgan fingerprint density at radius 2 is 2.11 bits per heavy atom. The molecule has 0 atom stereocenters. The number of carbonyl (C=O) groups excluding carboxylic acids is 2. The number of nitrogens with zero attached hydrogens (tertiary/aromatic N) is 2. The van der Waals surface area contributed by atoms with E-state index in [1.165, 1.54) is 32.4 Å². The maximum absolute atomic E-state index is 11.9. The first-order valence-electron chi connectivity index (χ1n) is 5.11. The van der Waals surface area contributed by atoms with Crippen molar-refractivity contribution in [3.63, 3.8) is 0 Å². The lowest BCUT2D eigenvalue weighted by Crippen LogP contribution is -2.37. The fourth-order valence-corrected chi connectivity index (χ4v) is 1.30. The van der Waals surface area contributed by atoms with Crippen molar-refractivity contribution in [3.8, 4) is 0 Å². The van der Waals surface area contributed by atoms with Crippen molar-refractivity contribution in [2.75, 3.05) is 20.6 Å². The zero-order valence-electron chi connectivity index (χ0n) is 10.0. The summed E-state index contributed by atoms with van der Waals surface area (Å²) in [6, 6.07) is 2.72. The zero-order valence-corrected chi connectivity index (χ0v) is 10.0. The molecule has 1 rings (SSSR count). The molecule has 2 amide bonds. The third-order valence-electron chi connectivity index (χ3n) is 2.25. The van der Waals surface area contributed by atoms with Crippen LogP contribution in [0, 0.1) is 0 Å². The zero-order chi connectivity index (χ0) is 13.7. The molecule has 18 heavy (non-hydrogen) atoms. The molecule has 0 radical (unpaired) electrons. The summed E-state index contributed by atoms with van der Waals surface area (Å²) >= 11 is 0. The number of carbonyl (C=O) groups is 3. The highest BCUT2D eigenvalue weighted by atomic mass is 16.4.